The summed E-state index contributed by atoms with van der Waals surface area (Å²) in [5.41, 5.74) is 6.77. The molecule has 2 rings (SSSR count). The maximum atomic E-state index is 5.89. The van der Waals surface area contributed by atoms with Crippen molar-refractivity contribution < 1.29 is 0 Å². The van der Waals surface area contributed by atoms with Crippen LogP contribution in [0.15, 0.2) is 24.3 Å². The van der Waals surface area contributed by atoms with E-state index in [1.807, 2.05) is 23.5 Å². The van der Waals surface area contributed by atoms with Gasteiger partial charge >= 0.3 is 0 Å². The quantitative estimate of drug-likeness (QED) is 0.765. The average Bonchev–Trinajstić information content (AvgIpc) is 2.47. The van der Waals surface area contributed by atoms with Crippen LogP contribution in [0.5, 0.6) is 0 Å². The predicted octanol–water partition coefficient (Wildman–Crippen LogP) is 2.55. The maximum Gasteiger partial charge on any atom is 0.0402 e. The van der Waals surface area contributed by atoms with Gasteiger partial charge in [0.25, 0.3) is 0 Å². The molecule has 2 N–H and O–H groups in total. The number of thiophene rings is 1. The van der Waals surface area contributed by atoms with Crippen LogP contribution < -0.4 is 5.73 Å². The Morgan fingerprint density at radius 1 is 1.36 bits per heavy atom. The van der Waals surface area contributed by atoms with Gasteiger partial charge in [-0.25, -0.2) is 0 Å². The summed E-state index contributed by atoms with van der Waals surface area (Å²) in [5, 5.41) is 1.19. The van der Waals surface area contributed by atoms with Crippen LogP contribution in [0, 0.1) is 0 Å². The van der Waals surface area contributed by atoms with Gasteiger partial charge in [0.2, 0.25) is 0 Å². The lowest BCUT2D eigenvalue weighted by molar-refractivity contribution is 0.406. The van der Waals surface area contributed by atoms with Gasteiger partial charge in [0.15, 0.2) is 0 Å². The Bertz CT molecular complexity index is 445. The number of fused-ring (bicyclic) bond motifs is 1. The Balaban J connectivity index is 2.46. The minimum absolute atomic E-state index is 0.878. The Labute approximate surface area is 87.9 Å². The number of benzene rings is 1. The second-order valence-electron chi connectivity index (χ2n) is 3.71. The highest BCUT2D eigenvalue weighted by Gasteiger charge is 2.04. The fraction of sp³-hybridized carbons (Fsp3) is 0.273. The van der Waals surface area contributed by atoms with E-state index in [-0.39, 0.29) is 0 Å². The standard InChI is InChI=1S/C11H14N2S/c1-13(2)7-8-6-9-10(12)4-3-5-11(9)14-8/h3-6H,7,12H2,1-2H3. The molecular weight excluding hydrogens is 192 g/mol. The van der Waals surface area contributed by atoms with Crippen molar-refractivity contribution in [2.24, 2.45) is 0 Å². The summed E-state index contributed by atoms with van der Waals surface area (Å²) in [6.07, 6.45) is 0. The van der Waals surface area contributed by atoms with Gasteiger partial charge < -0.3 is 10.6 Å². The molecule has 3 heteroatoms. The molecule has 0 bridgehead atoms. The van der Waals surface area contributed by atoms with Crippen LogP contribution >= 0.6 is 11.3 Å². The lowest BCUT2D eigenvalue weighted by Crippen LogP contribution is -2.09. The van der Waals surface area contributed by atoms with Crippen molar-refractivity contribution in [1.82, 2.24) is 4.90 Å². The zero-order valence-corrected chi connectivity index (χ0v) is 9.27. The molecule has 0 unspecified atom stereocenters. The molecular formula is C11H14N2S. The molecule has 74 valence electrons. The van der Waals surface area contributed by atoms with Crippen molar-refractivity contribution in [3.63, 3.8) is 0 Å². The molecule has 0 amide bonds. The molecule has 2 nitrogen and oxygen atoms in total. The number of rotatable bonds is 2. The molecule has 0 spiro atoms. The molecule has 1 aromatic carbocycles. The monoisotopic (exact) mass is 206 g/mol. The van der Waals surface area contributed by atoms with Crippen molar-refractivity contribution in [1.29, 1.82) is 0 Å². The van der Waals surface area contributed by atoms with Crippen LogP contribution in [0.4, 0.5) is 5.69 Å². The lowest BCUT2D eigenvalue weighted by atomic mass is 10.2. The summed E-state index contributed by atoms with van der Waals surface area (Å²) in [7, 11) is 4.15. The fourth-order valence-corrected chi connectivity index (χ4v) is 2.74. The van der Waals surface area contributed by atoms with E-state index in [0.29, 0.717) is 0 Å². The van der Waals surface area contributed by atoms with Gasteiger partial charge in [0.05, 0.1) is 0 Å². The van der Waals surface area contributed by atoms with Crippen LogP contribution in [0.2, 0.25) is 0 Å². The minimum atomic E-state index is 0.878. The summed E-state index contributed by atoms with van der Waals surface area (Å²) in [4.78, 5) is 3.53. The maximum absolute atomic E-state index is 5.89. The zero-order valence-electron chi connectivity index (χ0n) is 8.45. The van der Waals surface area contributed by atoms with Crippen LogP contribution in [-0.4, -0.2) is 19.0 Å². The summed E-state index contributed by atoms with van der Waals surface area (Å²) in [5.74, 6) is 0. The van der Waals surface area contributed by atoms with Crippen molar-refractivity contribution in [2.75, 3.05) is 19.8 Å². The van der Waals surface area contributed by atoms with Gasteiger partial charge in [-0.2, -0.15) is 0 Å². The van der Waals surface area contributed by atoms with Crippen molar-refractivity contribution >= 4 is 27.1 Å². The SMILES string of the molecule is CN(C)Cc1cc2c(N)cccc2s1. The highest BCUT2D eigenvalue weighted by atomic mass is 32.1. The van der Waals surface area contributed by atoms with Gasteiger partial charge in [-0.1, -0.05) is 6.07 Å². The Morgan fingerprint density at radius 2 is 2.14 bits per heavy atom. The van der Waals surface area contributed by atoms with E-state index < -0.39 is 0 Å². The minimum Gasteiger partial charge on any atom is -0.398 e. The van der Waals surface area contributed by atoms with E-state index >= 15 is 0 Å². The Hall–Kier alpha value is -1.06. The highest BCUT2D eigenvalue weighted by Crippen LogP contribution is 2.29. The smallest absolute Gasteiger partial charge is 0.0402 e. The number of hydrogen-bond donors (Lipinski definition) is 1. The molecule has 0 aliphatic rings. The van der Waals surface area contributed by atoms with Gasteiger partial charge in [-0.3, -0.25) is 0 Å². The number of nitrogens with two attached hydrogens (primary N) is 1. The molecule has 1 aromatic heterocycles. The topological polar surface area (TPSA) is 29.3 Å². The lowest BCUT2D eigenvalue weighted by Gasteiger charge is -2.05. The second kappa shape index (κ2) is 3.59. The first-order chi connectivity index (χ1) is 6.66. The van der Waals surface area contributed by atoms with Crippen LogP contribution in [0.1, 0.15) is 4.88 Å². The molecule has 0 atom stereocenters. The molecule has 14 heavy (non-hydrogen) atoms. The molecule has 0 fully saturated rings. The molecule has 1 heterocycles. The summed E-state index contributed by atoms with van der Waals surface area (Å²) in [6.45, 7) is 0.985. The molecule has 0 aliphatic carbocycles. The van der Waals surface area contributed by atoms with Crippen LogP contribution in [0.3, 0.4) is 0 Å². The van der Waals surface area contributed by atoms with Crippen LogP contribution in [-0.2, 0) is 6.54 Å². The summed E-state index contributed by atoms with van der Waals surface area (Å²) < 4.78 is 1.28. The highest BCUT2D eigenvalue weighted by molar-refractivity contribution is 7.19. The van der Waals surface area contributed by atoms with E-state index in [9.17, 15) is 0 Å². The molecule has 0 aliphatic heterocycles. The fourth-order valence-electron chi connectivity index (χ4n) is 1.53. The molecule has 0 saturated heterocycles. The predicted molar refractivity (Wildman–Crippen MR) is 63.6 cm³/mol. The van der Waals surface area contributed by atoms with E-state index in [4.69, 9.17) is 5.73 Å². The van der Waals surface area contributed by atoms with Crippen molar-refractivity contribution in [3.05, 3.63) is 29.1 Å². The number of nitrogens with zero attached hydrogens (tertiary/aromatic N) is 1. The van der Waals surface area contributed by atoms with Gasteiger partial charge in [-0.15, -0.1) is 11.3 Å². The third-order valence-electron chi connectivity index (χ3n) is 2.12. The van der Waals surface area contributed by atoms with Crippen molar-refractivity contribution in [3.8, 4) is 0 Å². The van der Waals surface area contributed by atoms with Gasteiger partial charge in [-0.05, 0) is 32.3 Å². The molecule has 0 saturated carbocycles. The Morgan fingerprint density at radius 3 is 2.79 bits per heavy atom. The largest absolute Gasteiger partial charge is 0.398 e. The first-order valence-electron chi connectivity index (χ1n) is 4.58. The van der Waals surface area contributed by atoms with E-state index in [1.54, 1.807) is 0 Å². The number of anilines is 1. The van der Waals surface area contributed by atoms with Crippen molar-refractivity contribution in [2.45, 2.75) is 6.54 Å². The third-order valence-corrected chi connectivity index (χ3v) is 3.20. The van der Waals surface area contributed by atoms with Gasteiger partial charge in [0.1, 0.15) is 0 Å². The summed E-state index contributed by atoms with van der Waals surface area (Å²) >= 11 is 1.82. The number of hydrogen-bond acceptors (Lipinski definition) is 3. The normalized spacial score (nSPS) is 11.4. The summed E-state index contributed by atoms with van der Waals surface area (Å²) in [6, 6.07) is 8.27. The first-order valence-corrected chi connectivity index (χ1v) is 5.40. The third kappa shape index (κ3) is 1.74. The van der Waals surface area contributed by atoms with Gasteiger partial charge in [0, 0.05) is 27.2 Å². The average molecular weight is 206 g/mol. The molecule has 0 radical (unpaired) electrons. The van der Waals surface area contributed by atoms with E-state index in [0.717, 1.165) is 12.2 Å². The molecule has 2 aromatic rings. The van der Waals surface area contributed by atoms with E-state index in [1.165, 1.54) is 15.0 Å². The Kier molecular flexibility index (Phi) is 2.44. The first kappa shape index (κ1) is 9.49. The van der Waals surface area contributed by atoms with E-state index in [2.05, 4.69) is 31.1 Å². The second-order valence-corrected chi connectivity index (χ2v) is 4.88. The number of nitrogen functional groups attached to an aromatic ring is 1. The van der Waals surface area contributed by atoms with Crippen LogP contribution in [0.25, 0.3) is 10.1 Å². The zero-order chi connectivity index (χ0) is 10.1.